The van der Waals surface area contributed by atoms with Crippen molar-refractivity contribution >= 4 is 11.9 Å². The summed E-state index contributed by atoms with van der Waals surface area (Å²) in [6.45, 7) is 8.13. The van der Waals surface area contributed by atoms with Crippen LogP contribution in [0.2, 0.25) is 0 Å². The van der Waals surface area contributed by atoms with E-state index >= 15 is 0 Å². The number of likely N-dealkylation sites (tertiary alicyclic amines) is 1. The zero-order valence-corrected chi connectivity index (χ0v) is 10.1. The average Bonchev–Trinajstić information content (AvgIpc) is 2.16. The molecule has 1 saturated heterocycles. The zero-order chi connectivity index (χ0) is 12.3. The summed E-state index contributed by atoms with van der Waals surface area (Å²) in [6.07, 6.45) is 0. The Kier molecular flexibility index (Phi) is 4.29. The van der Waals surface area contributed by atoms with Gasteiger partial charge in [0.25, 0.3) is 0 Å². The van der Waals surface area contributed by atoms with Gasteiger partial charge in [-0.15, -0.1) is 0 Å². The summed E-state index contributed by atoms with van der Waals surface area (Å²) in [5, 5.41) is 8.75. The van der Waals surface area contributed by atoms with Crippen LogP contribution >= 0.6 is 0 Å². The van der Waals surface area contributed by atoms with Crippen LogP contribution in [0.25, 0.3) is 0 Å². The summed E-state index contributed by atoms with van der Waals surface area (Å²) in [4.78, 5) is 26.3. The van der Waals surface area contributed by atoms with Crippen molar-refractivity contribution in [2.45, 2.75) is 26.8 Å². The number of aliphatic carboxylic acids is 1. The molecule has 1 fully saturated rings. The van der Waals surface area contributed by atoms with Crippen LogP contribution in [0, 0.1) is 5.92 Å². The molecule has 1 heterocycles. The highest BCUT2D eigenvalue weighted by molar-refractivity contribution is 5.82. The molecule has 1 amide bonds. The third-order valence-corrected chi connectivity index (χ3v) is 3.24. The molecule has 0 bridgehead atoms. The molecule has 16 heavy (non-hydrogen) atoms. The van der Waals surface area contributed by atoms with E-state index in [1.54, 1.807) is 4.90 Å². The normalized spacial score (nSPS) is 18.9. The minimum atomic E-state index is -0.765. The van der Waals surface area contributed by atoms with Crippen molar-refractivity contribution in [3.8, 4) is 0 Å². The average molecular weight is 228 g/mol. The first-order chi connectivity index (χ1) is 7.51. The molecule has 0 radical (unpaired) electrons. The van der Waals surface area contributed by atoms with Gasteiger partial charge in [-0.2, -0.15) is 0 Å². The predicted molar refractivity (Wildman–Crippen MR) is 60.1 cm³/mol. The number of carbonyl (C=O) groups is 2. The molecule has 1 unspecified atom stereocenters. The molecular weight excluding hydrogens is 208 g/mol. The fraction of sp³-hybridized carbons (Fsp3) is 0.818. The second-order valence-corrected chi connectivity index (χ2v) is 4.18. The fourth-order valence-corrected chi connectivity index (χ4v) is 1.94. The molecule has 0 aromatic rings. The Morgan fingerprint density at radius 1 is 1.38 bits per heavy atom. The van der Waals surface area contributed by atoms with Crippen molar-refractivity contribution in [1.29, 1.82) is 0 Å². The fourth-order valence-electron chi connectivity index (χ4n) is 1.94. The number of amides is 1. The van der Waals surface area contributed by atoms with Crippen molar-refractivity contribution in [3.63, 3.8) is 0 Å². The van der Waals surface area contributed by atoms with Gasteiger partial charge in [0, 0.05) is 26.2 Å². The molecular formula is C11H20N2O3. The monoisotopic (exact) mass is 228 g/mol. The molecule has 1 aliphatic rings. The first kappa shape index (κ1) is 13.0. The Morgan fingerprint density at radius 3 is 2.25 bits per heavy atom. The van der Waals surface area contributed by atoms with Crippen LogP contribution in [0.3, 0.4) is 0 Å². The number of hydrogen-bond donors (Lipinski definition) is 1. The van der Waals surface area contributed by atoms with Gasteiger partial charge < -0.3 is 10.0 Å². The van der Waals surface area contributed by atoms with Gasteiger partial charge in [-0.25, -0.2) is 0 Å². The van der Waals surface area contributed by atoms with Gasteiger partial charge in [-0.3, -0.25) is 14.5 Å². The maximum atomic E-state index is 12.0. The van der Waals surface area contributed by atoms with Crippen LogP contribution in [0.5, 0.6) is 0 Å². The lowest BCUT2D eigenvalue weighted by Crippen LogP contribution is -2.58. The molecule has 0 aromatic heterocycles. The van der Waals surface area contributed by atoms with E-state index in [4.69, 9.17) is 5.11 Å². The number of rotatable bonds is 5. The van der Waals surface area contributed by atoms with E-state index in [0.29, 0.717) is 26.2 Å². The Bertz CT molecular complexity index is 270. The minimum absolute atomic E-state index is 0.0915. The molecule has 1 atom stereocenters. The van der Waals surface area contributed by atoms with Crippen LogP contribution in [-0.4, -0.2) is 59.0 Å². The molecule has 5 heteroatoms. The molecule has 0 aromatic carbocycles. The maximum Gasteiger partial charge on any atom is 0.309 e. The largest absolute Gasteiger partial charge is 0.481 e. The first-order valence-corrected chi connectivity index (χ1v) is 5.76. The lowest BCUT2D eigenvalue weighted by atomic mass is 9.98. The summed E-state index contributed by atoms with van der Waals surface area (Å²) >= 11 is 0. The molecule has 0 spiro atoms. The van der Waals surface area contributed by atoms with E-state index in [0.717, 1.165) is 0 Å². The third-order valence-electron chi connectivity index (χ3n) is 3.24. The molecule has 0 saturated carbocycles. The van der Waals surface area contributed by atoms with Gasteiger partial charge in [0.1, 0.15) is 0 Å². The van der Waals surface area contributed by atoms with Gasteiger partial charge in [0.15, 0.2) is 0 Å². The lowest BCUT2D eigenvalue weighted by Gasteiger charge is -2.41. The van der Waals surface area contributed by atoms with Crippen molar-refractivity contribution in [3.05, 3.63) is 0 Å². The first-order valence-electron chi connectivity index (χ1n) is 5.76. The topological polar surface area (TPSA) is 60.9 Å². The molecule has 1 aliphatic heterocycles. The lowest BCUT2D eigenvalue weighted by molar-refractivity contribution is -0.152. The van der Waals surface area contributed by atoms with Gasteiger partial charge in [0.05, 0.1) is 12.0 Å². The maximum absolute atomic E-state index is 12.0. The summed E-state index contributed by atoms with van der Waals surface area (Å²) in [5.74, 6) is -0.973. The SMILES string of the molecule is CCN(CC)C(=O)C(C)N1CC(C(=O)O)C1. The predicted octanol–water partition coefficient (Wildman–Crippen LogP) is 0.260. The Balaban J connectivity index is 2.44. The summed E-state index contributed by atoms with van der Waals surface area (Å²) in [5.41, 5.74) is 0. The molecule has 1 rings (SSSR count). The van der Waals surface area contributed by atoms with Gasteiger partial charge in [-0.05, 0) is 20.8 Å². The highest BCUT2D eigenvalue weighted by Crippen LogP contribution is 2.19. The van der Waals surface area contributed by atoms with Crippen molar-refractivity contribution < 1.29 is 14.7 Å². The number of hydrogen-bond acceptors (Lipinski definition) is 3. The number of nitrogens with zero attached hydrogens (tertiary/aromatic N) is 2. The van der Waals surface area contributed by atoms with E-state index in [9.17, 15) is 9.59 Å². The van der Waals surface area contributed by atoms with E-state index in [1.807, 2.05) is 25.7 Å². The van der Waals surface area contributed by atoms with Crippen LogP contribution in [0.4, 0.5) is 0 Å². The Labute approximate surface area is 96.0 Å². The van der Waals surface area contributed by atoms with E-state index < -0.39 is 5.97 Å². The van der Waals surface area contributed by atoms with Gasteiger partial charge in [0.2, 0.25) is 5.91 Å². The van der Waals surface area contributed by atoms with Crippen molar-refractivity contribution in [2.75, 3.05) is 26.2 Å². The Hall–Kier alpha value is -1.10. The molecule has 92 valence electrons. The molecule has 0 aliphatic carbocycles. The van der Waals surface area contributed by atoms with Crippen molar-refractivity contribution in [1.82, 2.24) is 9.80 Å². The molecule has 5 nitrogen and oxygen atoms in total. The smallest absolute Gasteiger partial charge is 0.309 e. The van der Waals surface area contributed by atoms with E-state index in [-0.39, 0.29) is 17.9 Å². The minimum Gasteiger partial charge on any atom is -0.481 e. The number of carboxylic acid groups (broad SMARTS) is 1. The summed E-state index contributed by atoms with van der Waals surface area (Å²) in [7, 11) is 0. The number of likely N-dealkylation sites (N-methyl/N-ethyl adjacent to an activating group) is 1. The number of carboxylic acids is 1. The second-order valence-electron chi connectivity index (χ2n) is 4.18. The van der Waals surface area contributed by atoms with Crippen LogP contribution in [-0.2, 0) is 9.59 Å². The van der Waals surface area contributed by atoms with Crippen LogP contribution in [0.1, 0.15) is 20.8 Å². The van der Waals surface area contributed by atoms with Crippen molar-refractivity contribution in [2.24, 2.45) is 5.92 Å². The quantitative estimate of drug-likeness (QED) is 0.733. The standard InChI is InChI=1S/C11H20N2O3/c1-4-12(5-2)10(14)8(3)13-6-9(7-13)11(15)16/h8-9H,4-7H2,1-3H3,(H,15,16). The van der Waals surface area contributed by atoms with Gasteiger partial charge >= 0.3 is 5.97 Å². The summed E-state index contributed by atoms with van der Waals surface area (Å²) < 4.78 is 0. The highest BCUT2D eigenvalue weighted by Gasteiger charge is 2.38. The summed E-state index contributed by atoms with van der Waals surface area (Å²) in [6, 6.07) is -0.199. The van der Waals surface area contributed by atoms with Gasteiger partial charge in [-0.1, -0.05) is 0 Å². The zero-order valence-electron chi connectivity index (χ0n) is 10.1. The third kappa shape index (κ3) is 2.52. The second kappa shape index (κ2) is 5.30. The molecule has 1 N–H and O–H groups in total. The highest BCUT2D eigenvalue weighted by atomic mass is 16.4. The Morgan fingerprint density at radius 2 is 1.88 bits per heavy atom. The van der Waals surface area contributed by atoms with E-state index in [1.165, 1.54) is 0 Å². The van der Waals surface area contributed by atoms with Crippen LogP contribution in [0.15, 0.2) is 0 Å². The van der Waals surface area contributed by atoms with E-state index in [2.05, 4.69) is 0 Å². The van der Waals surface area contributed by atoms with Crippen LogP contribution < -0.4 is 0 Å². The number of carbonyl (C=O) groups excluding carboxylic acids is 1.